The van der Waals surface area contributed by atoms with Crippen LogP contribution in [0.2, 0.25) is 0 Å². The number of aliphatic hydroxyl groups is 1. The van der Waals surface area contributed by atoms with Crippen LogP contribution in [0.15, 0.2) is 12.1 Å². The first-order valence-electron chi connectivity index (χ1n) is 11.9. The van der Waals surface area contributed by atoms with Gasteiger partial charge in [0.2, 0.25) is 0 Å². The molecule has 2 aliphatic carbocycles. The van der Waals surface area contributed by atoms with Crippen molar-refractivity contribution in [3.05, 3.63) is 23.3 Å². The fraction of sp³-hybridized carbons (Fsp3) is 0.625. The maximum atomic E-state index is 13.1. The predicted molar refractivity (Wildman–Crippen MR) is 125 cm³/mol. The number of nitrogens with zero attached hydrogens (tertiary/aromatic N) is 1. The van der Waals surface area contributed by atoms with Crippen molar-refractivity contribution < 1.29 is 38.4 Å². The minimum Gasteiger partial charge on any atom is -0.477 e. The topological polar surface area (TPSA) is 112 Å². The Morgan fingerprint density at radius 2 is 1.89 bits per heavy atom. The largest absolute Gasteiger partial charge is 0.513 e. The normalized spacial score (nSPS) is 29.8. The van der Waals surface area contributed by atoms with Gasteiger partial charge in [-0.3, -0.25) is 4.79 Å². The summed E-state index contributed by atoms with van der Waals surface area (Å²) in [5.41, 5.74) is -0.902. The van der Waals surface area contributed by atoms with Gasteiger partial charge in [-0.1, -0.05) is 6.07 Å². The number of alkyl halides is 2. The second-order valence-corrected chi connectivity index (χ2v) is 10.1. The summed E-state index contributed by atoms with van der Waals surface area (Å²) < 4.78 is 22.0. The minimum atomic E-state index is -1.40. The summed E-state index contributed by atoms with van der Waals surface area (Å²) in [5, 5.41) is 12.2. The molecule has 2 heterocycles. The van der Waals surface area contributed by atoms with Crippen molar-refractivity contribution in [2.45, 2.75) is 61.7 Å². The van der Waals surface area contributed by atoms with Crippen LogP contribution in [-0.2, 0) is 26.1 Å². The third kappa shape index (κ3) is 3.65. The number of benzene rings is 1. The lowest BCUT2D eigenvalue weighted by atomic mass is 9.49. The molecule has 11 heteroatoms. The van der Waals surface area contributed by atoms with Gasteiger partial charge in [0.15, 0.2) is 23.4 Å². The highest BCUT2D eigenvalue weighted by Crippen LogP contribution is 2.64. The Balaban J connectivity index is 1.51. The first-order chi connectivity index (χ1) is 16.9. The number of halogens is 2. The summed E-state index contributed by atoms with van der Waals surface area (Å²) in [5.74, 6) is 1.04. The second-order valence-electron chi connectivity index (χ2n) is 9.35. The van der Waals surface area contributed by atoms with Crippen molar-refractivity contribution in [1.82, 2.24) is 4.90 Å². The van der Waals surface area contributed by atoms with Gasteiger partial charge in [-0.05, 0) is 43.7 Å². The van der Waals surface area contributed by atoms with Crippen LogP contribution >= 0.6 is 23.2 Å². The van der Waals surface area contributed by atoms with Gasteiger partial charge in [0.25, 0.3) is 0 Å². The Bertz CT molecular complexity index is 1050. The van der Waals surface area contributed by atoms with E-state index in [9.17, 15) is 19.5 Å². The molecule has 1 N–H and O–H groups in total. The van der Waals surface area contributed by atoms with Gasteiger partial charge >= 0.3 is 12.2 Å². The molecule has 2 bridgehead atoms. The minimum absolute atomic E-state index is 0.118. The molecule has 5 rings (SSSR count). The molecule has 2 fully saturated rings. The molecule has 35 heavy (non-hydrogen) atoms. The van der Waals surface area contributed by atoms with E-state index in [1.54, 1.807) is 17.0 Å². The number of ketones is 1. The third-order valence-corrected chi connectivity index (χ3v) is 8.21. The number of Topliss-reactive ketones (excluding diaryl/α,β-unsaturated/α-hetero) is 1. The smallest absolute Gasteiger partial charge is 0.477 e. The molecule has 190 valence electrons. The summed E-state index contributed by atoms with van der Waals surface area (Å²) in [6.07, 6.45) is -0.312. The predicted octanol–water partition coefficient (Wildman–Crippen LogP) is 3.32. The summed E-state index contributed by atoms with van der Waals surface area (Å²) >= 11 is 11.3. The molecular weight excluding hydrogens is 501 g/mol. The summed E-state index contributed by atoms with van der Waals surface area (Å²) in [7, 11) is 0. The van der Waals surface area contributed by atoms with Gasteiger partial charge in [0.1, 0.15) is 0 Å². The van der Waals surface area contributed by atoms with Crippen LogP contribution < -0.4 is 9.47 Å². The number of likely N-dealkylation sites (tertiary alicyclic amines) is 1. The highest BCUT2D eigenvalue weighted by atomic mass is 35.5. The van der Waals surface area contributed by atoms with Crippen molar-refractivity contribution in [1.29, 1.82) is 0 Å². The van der Waals surface area contributed by atoms with Crippen molar-refractivity contribution in [2.24, 2.45) is 0 Å². The maximum absolute atomic E-state index is 13.1. The van der Waals surface area contributed by atoms with Gasteiger partial charge in [-0.2, -0.15) is 0 Å². The van der Waals surface area contributed by atoms with E-state index in [0.29, 0.717) is 49.6 Å². The number of ether oxygens (including phenoxy) is 4. The van der Waals surface area contributed by atoms with Crippen molar-refractivity contribution in [2.75, 3.05) is 31.5 Å². The van der Waals surface area contributed by atoms with Crippen LogP contribution in [0, 0.1) is 0 Å². The highest BCUT2D eigenvalue weighted by molar-refractivity contribution is 6.18. The number of hydrogen-bond donors (Lipinski definition) is 1. The average molecular weight is 528 g/mol. The first-order valence-corrected chi connectivity index (χ1v) is 12.9. The van der Waals surface area contributed by atoms with E-state index in [1.165, 1.54) is 0 Å². The number of hydrogen-bond acceptors (Lipinski definition) is 8. The van der Waals surface area contributed by atoms with Crippen LogP contribution in [0.25, 0.3) is 0 Å². The molecule has 9 nitrogen and oxygen atoms in total. The number of carbonyl (C=O) groups is 3. The fourth-order valence-electron chi connectivity index (χ4n) is 6.24. The van der Waals surface area contributed by atoms with Crippen molar-refractivity contribution in [3.63, 3.8) is 0 Å². The SMILES string of the molecule is O=C(OCCCCl)Oc1ccc2c3c1O[C@H]1C(=O)CCC4(O)[C@@H](C2)N(C(=O)OCCCCl)CC[C@]314. The van der Waals surface area contributed by atoms with Crippen LogP contribution in [0.3, 0.4) is 0 Å². The van der Waals surface area contributed by atoms with E-state index in [0.717, 1.165) is 5.56 Å². The molecule has 2 aliphatic heterocycles. The van der Waals surface area contributed by atoms with E-state index in [-0.39, 0.29) is 43.3 Å². The van der Waals surface area contributed by atoms with Gasteiger partial charge in [-0.25, -0.2) is 9.59 Å². The molecule has 1 unspecified atom stereocenters. The number of piperidine rings is 1. The molecule has 4 aliphatic rings. The van der Waals surface area contributed by atoms with Crippen molar-refractivity contribution >= 4 is 41.2 Å². The first kappa shape index (κ1) is 24.5. The average Bonchev–Trinajstić information content (AvgIpc) is 3.19. The summed E-state index contributed by atoms with van der Waals surface area (Å²) in [6, 6.07) is 2.81. The number of carbonyl (C=O) groups excluding carboxylic acids is 3. The standard InChI is InChI=1S/C24H27Cl2NO8/c25-8-1-11-32-21(29)27-10-7-23-18-14-3-4-16(34-22(30)33-12-2-9-26)19(18)35-20(23)15(28)5-6-24(23,31)17(27)13-14/h3-4,17,20,31H,1-2,5-13H2/t17-,20+,23+,24?/m1/s1. The molecule has 1 spiro atoms. The molecule has 4 atom stereocenters. The molecule has 1 aromatic rings. The van der Waals surface area contributed by atoms with Gasteiger partial charge < -0.3 is 29.0 Å². The molecule has 1 aromatic carbocycles. The third-order valence-electron chi connectivity index (χ3n) is 7.67. The lowest BCUT2D eigenvalue weighted by Gasteiger charge is -2.61. The van der Waals surface area contributed by atoms with Gasteiger partial charge in [0, 0.05) is 30.3 Å². The zero-order chi connectivity index (χ0) is 24.8. The highest BCUT2D eigenvalue weighted by Gasteiger charge is 2.73. The Morgan fingerprint density at radius 3 is 2.63 bits per heavy atom. The Morgan fingerprint density at radius 1 is 1.14 bits per heavy atom. The van der Waals surface area contributed by atoms with E-state index < -0.39 is 35.4 Å². The number of amides is 1. The molecule has 0 radical (unpaired) electrons. The Labute approximate surface area is 212 Å². The summed E-state index contributed by atoms with van der Waals surface area (Å²) in [4.78, 5) is 39.8. The monoisotopic (exact) mass is 527 g/mol. The van der Waals surface area contributed by atoms with Crippen LogP contribution in [0.4, 0.5) is 9.59 Å². The van der Waals surface area contributed by atoms with Gasteiger partial charge in [-0.15, -0.1) is 23.2 Å². The number of rotatable bonds is 7. The molecule has 1 saturated heterocycles. The van der Waals surface area contributed by atoms with Gasteiger partial charge in [0.05, 0.1) is 30.3 Å². The van der Waals surface area contributed by atoms with E-state index in [1.807, 2.05) is 0 Å². The molecular formula is C24H27Cl2NO8. The van der Waals surface area contributed by atoms with Crippen LogP contribution in [-0.4, -0.2) is 77.3 Å². The van der Waals surface area contributed by atoms with Crippen molar-refractivity contribution in [3.8, 4) is 11.5 Å². The lowest BCUT2D eigenvalue weighted by molar-refractivity contribution is -0.183. The maximum Gasteiger partial charge on any atom is 0.513 e. The Kier molecular flexibility index (Phi) is 6.52. The molecule has 1 amide bonds. The Hall–Kier alpha value is -2.23. The van der Waals surface area contributed by atoms with E-state index >= 15 is 0 Å². The van der Waals surface area contributed by atoms with Crippen LogP contribution in [0.5, 0.6) is 11.5 Å². The lowest BCUT2D eigenvalue weighted by Crippen LogP contribution is -2.77. The van der Waals surface area contributed by atoms with E-state index in [2.05, 4.69) is 0 Å². The van der Waals surface area contributed by atoms with E-state index in [4.69, 9.17) is 42.1 Å². The zero-order valence-electron chi connectivity index (χ0n) is 19.1. The summed E-state index contributed by atoms with van der Waals surface area (Å²) in [6.45, 7) is 0.610. The quantitative estimate of drug-likeness (QED) is 0.248. The second kappa shape index (κ2) is 9.33. The molecule has 1 saturated carbocycles. The fourth-order valence-corrected chi connectivity index (χ4v) is 6.46. The van der Waals surface area contributed by atoms with Crippen LogP contribution in [0.1, 0.15) is 43.2 Å². The zero-order valence-corrected chi connectivity index (χ0v) is 20.6. The molecule has 0 aromatic heterocycles.